The molecule has 7 nitrogen and oxygen atoms in total. The number of nitrogens with one attached hydrogen (secondary N) is 1. The first-order chi connectivity index (χ1) is 14.9. The van der Waals surface area contributed by atoms with Crippen LogP contribution < -0.4 is 11.1 Å². The second kappa shape index (κ2) is 10.8. The van der Waals surface area contributed by atoms with Crippen LogP contribution in [0.3, 0.4) is 0 Å². The van der Waals surface area contributed by atoms with Crippen molar-refractivity contribution >= 4 is 24.8 Å². The van der Waals surface area contributed by atoms with Crippen molar-refractivity contribution in [3.8, 4) is 0 Å². The average Bonchev–Trinajstić information content (AvgIpc) is 3.26. The van der Waals surface area contributed by atoms with Gasteiger partial charge in [-0.1, -0.05) is 60.7 Å². The van der Waals surface area contributed by atoms with E-state index in [2.05, 4.69) is 20.8 Å². The number of benzene rings is 2. The van der Waals surface area contributed by atoms with Crippen LogP contribution in [0, 0.1) is 5.92 Å². The highest BCUT2D eigenvalue weighted by atomic mass is 35.5. The van der Waals surface area contributed by atoms with E-state index in [0.29, 0.717) is 18.5 Å². The maximum Gasteiger partial charge on any atom is 0.453 e. The Hall–Kier alpha value is -2.24. The fourth-order valence-electron chi connectivity index (χ4n) is 4.40. The van der Waals surface area contributed by atoms with Gasteiger partial charge in [0.25, 0.3) is 5.82 Å². The fraction of sp³-hybridized carbons (Fsp3) is 0.381. The molecule has 1 aromatic heterocycles. The number of hydrogen-bond donors (Lipinski definition) is 2. The Bertz CT molecular complexity index is 1010. The van der Waals surface area contributed by atoms with Gasteiger partial charge in [0.1, 0.15) is 0 Å². The van der Waals surface area contributed by atoms with Crippen LogP contribution in [0.25, 0.3) is 0 Å². The number of halogens is 5. The summed E-state index contributed by atoms with van der Waals surface area (Å²) < 4.78 is 47.4. The summed E-state index contributed by atoms with van der Waals surface area (Å²) in [6.07, 6.45) is -4.28. The summed E-state index contributed by atoms with van der Waals surface area (Å²) >= 11 is 0. The van der Waals surface area contributed by atoms with Crippen LogP contribution >= 0.6 is 24.8 Å². The zero-order valence-corrected chi connectivity index (χ0v) is 19.3. The first-order valence-electron chi connectivity index (χ1n) is 9.88. The Labute approximate surface area is 201 Å². The van der Waals surface area contributed by atoms with E-state index in [1.165, 1.54) is 0 Å². The van der Waals surface area contributed by atoms with Gasteiger partial charge in [0, 0.05) is 19.2 Å². The standard InChI is InChI=1S/C21H23F3N6O.2ClH/c1-31-20(16-10-6-3-7-11-16)17(25)12-15(13-26-20)18(14-8-4-2-5-9-14)30-19(21(22,23)24)27-28-29-30;;/h2-11,15,17-18,26H,12-13,25H2,1H3;2*1H. The van der Waals surface area contributed by atoms with Gasteiger partial charge in [-0.05, 0) is 28.3 Å². The summed E-state index contributed by atoms with van der Waals surface area (Å²) in [7, 11) is 1.57. The molecule has 12 heteroatoms. The number of hydrogen-bond acceptors (Lipinski definition) is 6. The predicted molar refractivity (Wildman–Crippen MR) is 121 cm³/mol. The molecule has 3 aromatic rings. The van der Waals surface area contributed by atoms with Crippen LogP contribution in [0.2, 0.25) is 0 Å². The van der Waals surface area contributed by atoms with Gasteiger partial charge in [-0.15, -0.1) is 29.9 Å². The van der Waals surface area contributed by atoms with E-state index in [1.807, 2.05) is 30.3 Å². The molecule has 0 radical (unpaired) electrons. The molecule has 0 amide bonds. The molecule has 2 aromatic carbocycles. The Kier molecular flexibility index (Phi) is 8.83. The molecular weight excluding hydrogens is 480 g/mol. The lowest BCUT2D eigenvalue weighted by Crippen LogP contribution is -2.63. The zero-order chi connectivity index (χ0) is 22.1. The van der Waals surface area contributed by atoms with Crippen molar-refractivity contribution in [2.75, 3.05) is 13.7 Å². The van der Waals surface area contributed by atoms with Crippen molar-refractivity contribution in [1.82, 2.24) is 25.5 Å². The maximum absolute atomic E-state index is 13.6. The lowest BCUT2D eigenvalue weighted by Gasteiger charge is -2.46. The minimum absolute atomic E-state index is 0. The topological polar surface area (TPSA) is 90.9 Å². The first kappa shape index (κ1) is 27.0. The second-order valence-corrected chi connectivity index (χ2v) is 7.59. The van der Waals surface area contributed by atoms with Gasteiger partial charge in [0.2, 0.25) is 0 Å². The van der Waals surface area contributed by atoms with Crippen LogP contribution in [-0.4, -0.2) is 39.9 Å². The third kappa shape index (κ3) is 5.15. The van der Waals surface area contributed by atoms with Crippen molar-refractivity contribution in [2.45, 2.75) is 30.4 Å². The highest BCUT2D eigenvalue weighted by Gasteiger charge is 2.47. The number of aromatic nitrogens is 4. The smallest absolute Gasteiger partial charge is 0.358 e. The molecule has 0 aliphatic carbocycles. The predicted octanol–water partition coefficient (Wildman–Crippen LogP) is 3.56. The molecule has 4 rings (SSSR count). The molecule has 1 aliphatic heterocycles. The molecule has 33 heavy (non-hydrogen) atoms. The molecule has 0 spiro atoms. The van der Waals surface area contributed by atoms with Gasteiger partial charge in [-0.2, -0.15) is 13.2 Å². The lowest BCUT2D eigenvalue weighted by atomic mass is 9.79. The number of piperidine rings is 1. The van der Waals surface area contributed by atoms with E-state index < -0.39 is 29.8 Å². The number of rotatable bonds is 5. The first-order valence-corrected chi connectivity index (χ1v) is 9.88. The molecule has 2 heterocycles. The lowest BCUT2D eigenvalue weighted by molar-refractivity contribution is -0.149. The van der Waals surface area contributed by atoms with Crippen molar-refractivity contribution < 1.29 is 17.9 Å². The Balaban J connectivity index is 0.00000193. The summed E-state index contributed by atoms with van der Waals surface area (Å²) in [4.78, 5) is 0. The van der Waals surface area contributed by atoms with Crippen molar-refractivity contribution in [3.05, 3.63) is 77.6 Å². The van der Waals surface area contributed by atoms with Gasteiger partial charge in [0.05, 0.1) is 12.1 Å². The third-order valence-corrected chi connectivity index (χ3v) is 5.83. The summed E-state index contributed by atoms with van der Waals surface area (Å²) in [5, 5.41) is 13.6. The van der Waals surface area contributed by atoms with E-state index in [0.717, 1.165) is 10.2 Å². The number of methoxy groups -OCH3 is 1. The summed E-state index contributed by atoms with van der Waals surface area (Å²) in [6, 6.07) is 17.1. The maximum atomic E-state index is 13.6. The molecule has 3 N–H and O–H groups in total. The van der Waals surface area contributed by atoms with Gasteiger partial charge < -0.3 is 10.5 Å². The summed E-state index contributed by atoms with van der Waals surface area (Å²) in [5.74, 6) is -1.45. The molecule has 180 valence electrons. The summed E-state index contributed by atoms with van der Waals surface area (Å²) in [5.41, 5.74) is 7.16. The number of nitrogens with zero attached hydrogens (tertiary/aromatic N) is 4. The molecule has 4 atom stereocenters. The normalized spacial score (nSPS) is 23.8. The molecule has 1 fully saturated rings. The number of tetrazole rings is 1. The quantitative estimate of drug-likeness (QED) is 0.551. The molecule has 0 bridgehead atoms. The molecule has 1 saturated heterocycles. The fourth-order valence-corrected chi connectivity index (χ4v) is 4.40. The minimum atomic E-state index is -4.68. The van der Waals surface area contributed by atoms with Crippen molar-refractivity contribution in [2.24, 2.45) is 11.7 Å². The zero-order valence-electron chi connectivity index (χ0n) is 17.6. The average molecular weight is 505 g/mol. The van der Waals surface area contributed by atoms with E-state index >= 15 is 0 Å². The van der Waals surface area contributed by atoms with E-state index in [-0.39, 0.29) is 30.7 Å². The minimum Gasteiger partial charge on any atom is -0.358 e. The van der Waals surface area contributed by atoms with Gasteiger partial charge in [-0.3, -0.25) is 5.32 Å². The van der Waals surface area contributed by atoms with Crippen LogP contribution in [-0.2, 0) is 16.6 Å². The highest BCUT2D eigenvalue weighted by molar-refractivity contribution is 5.85. The Morgan fingerprint density at radius 3 is 2.24 bits per heavy atom. The molecule has 0 saturated carbocycles. The molecular formula is C21H25Cl2F3N6O. The Morgan fingerprint density at radius 2 is 1.70 bits per heavy atom. The number of nitrogens with two attached hydrogens (primary N) is 1. The summed E-state index contributed by atoms with van der Waals surface area (Å²) in [6.45, 7) is 0.354. The SMILES string of the molecule is COC1(c2ccccc2)NCC(C(c2ccccc2)n2nnnc2C(F)(F)F)CC1N.Cl.Cl. The Morgan fingerprint density at radius 1 is 1.09 bits per heavy atom. The largest absolute Gasteiger partial charge is 0.453 e. The third-order valence-electron chi connectivity index (χ3n) is 5.83. The van der Waals surface area contributed by atoms with E-state index in [4.69, 9.17) is 10.5 Å². The highest BCUT2D eigenvalue weighted by Crippen LogP contribution is 2.40. The van der Waals surface area contributed by atoms with Crippen LogP contribution in [0.4, 0.5) is 13.2 Å². The van der Waals surface area contributed by atoms with Crippen molar-refractivity contribution in [3.63, 3.8) is 0 Å². The number of ether oxygens (including phenoxy) is 1. The van der Waals surface area contributed by atoms with Crippen LogP contribution in [0.1, 0.15) is 29.4 Å². The monoisotopic (exact) mass is 504 g/mol. The number of alkyl halides is 3. The molecule has 1 aliphatic rings. The van der Waals surface area contributed by atoms with Gasteiger partial charge >= 0.3 is 6.18 Å². The van der Waals surface area contributed by atoms with Gasteiger partial charge in [-0.25, -0.2) is 4.68 Å². The molecule has 4 unspecified atom stereocenters. The second-order valence-electron chi connectivity index (χ2n) is 7.59. The van der Waals surface area contributed by atoms with Gasteiger partial charge in [0.15, 0.2) is 5.72 Å². The van der Waals surface area contributed by atoms with E-state index in [1.54, 1.807) is 37.4 Å². The van der Waals surface area contributed by atoms with Crippen molar-refractivity contribution in [1.29, 1.82) is 0 Å². The van der Waals surface area contributed by atoms with Crippen LogP contribution in [0.5, 0.6) is 0 Å². The van der Waals surface area contributed by atoms with E-state index in [9.17, 15) is 13.2 Å². The van der Waals surface area contributed by atoms with Crippen LogP contribution in [0.15, 0.2) is 60.7 Å².